The first-order valence-electron chi connectivity index (χ1n) is 6.40. The Hall–Kier alpha value is -3.29. The van der Waals surface area contributed by atoms with Crippen LogP contribution in [-0.2, 0) is 6.54 Å². The standard InChI is InChI=1S/C14H15N6O2/c15-14(16)18-17-13(10-19-8-2-1-3-9-19)11-4-6-12(7-5-11)20(21)22/h1-9H,10H2,(H4,15,16,18)/q+1. The lowest BCUT2D eigenvalue weighted by Crippen LogP contribution is -2.37. The van der Waals surface area contributed by atoms with E-state index in [0.717, 1.165) is 0 Å². The molecule has 8 nitrogen and oxygen atoms in total. The lowest BCUT2D eigenvalue weighted by molar-refractivity contribution is -0.681. The summed E-state index contributed by atoms with van der Waals surface area (Å²) in [5, 5.41) is 18.4. The van der Waals surface area contributed by atoms with Crippen LogP contribution >= 0.6 is 0 Å². The first kappa shape index (κ1) is 15.1. The molecule has 22 heavy (non-hydrogen) atoms. The number of non-ortho nitro benzene ring substituents is 1. The highest BCUT2D eigenvalue weighted by Crippen LogP contribution is 2.13. The van der Waals surface area contributed by atoms with Gasteiger partial charge in [0.15, 0.2) is 18.9 Å². The number of rotatable bonds is 5. The van der Waals surface area contributed by atoms with E-state index in [4.69, 9.17) is 11.5 Å². The lowest BCUT2D eigenvalue weighted by atomic mass is 10.1. The van der Waals surface area contributed by atoms with Gasteiger partial charge in [0.25, 0.3) is 5.69 Å². The second kappa shape index (κ2) is 6.93. The summed E-state index contributed by atoms with van der Waals surface area (Å²) in [7, 11) is 0. The fraction of sp³-hybridized carbons (Fsp3) is 0.0714. The molecule has 2 aromatic rings. The van der Waals surface area contributed by atoms with Crippen LogP contribution in [0.2, 0.25) is 0 Å². The van der Waals surface area contributed by atoms with E-state index < -0.39 is 4.92 Å². The normalized spacial score (nSPS) is 11.0. The van der Waals surface area contributed by atoms with Gasteiger partial charge in [-0.05, 0) is 12.1 Å². The van der Waals surface area contributed by atoms with Crippen molar-refractivity contribution in [1.82, 2.24) is 0 Å². The van der Waals surface area contributed by atoms with Gasteiger partial charge in [0.2, 0.25) is 5.96 Å². The van der Waals surface area contributed by atoms with Crippen LogP contribution in [0.3, 0.4) is 0 Å². The molecular formula is C14H15N6O2+. The summed E-state index contributed by atoms with van der Waals surface area (Å²) in [6.07, 6.45) is 3.74. The van der Waals surface area contributed by atoms with Gasteiger partial charge in [0, 0.05) is 29.8 Å². The number of nitro benzene ring substituents is 1. The molecule has 4 N–H and O–H groups in total. The smallest absolute Gasteiger partial charge is 0.269 e. The zero-order valence-electron chi connectivity index (χ0n) is 11.7. The highest BCUT2D eigenvalue weighted by atomic mass is 16.6. The van der Waals surface area contributed by atoms with E-state index in [1.54, 1.807) is 12.1 Å². The van der Waals surface area contributed by atoms with Crippen molar-refractivity contribution in [1.29, 1.82) is 0 Å². The first-order chi connectivity index (χ1) is 10.6. The summed E-state index contributed by atoms with van der Waals surface area (Å²) in [4.78, 5) is 10.2. The quantitative estimate of drug-likeness (QED) is 0.275. The molecule has 0 aliphatic carbocycles. The van der Waals surface area contributed by atoms with Gasteiger partial charge >= 0.3 is 0 Å². The van der Waals surface area contributed by atoms with E-state index >= 15 is 0 Å². The van der Waals surface area contributed by atoms with Crippen molar-refractivity contribution in [2.45, 2.75) is 6.54 Å². The Morgan fingerprint density at radius 2 is 1.73 bits per heavy atom. The predicted octanol–water partition coefficient (Wildman–Crippen LogP) is 0.560. The molecule has 2 rings (SSSR count). The van der Waals surface area contributed by atoms with Crippen molar-refractivity contribution in [2.24, 2.45) is 21.7 Å². The van der Waals surface area contributed by atoms with Crippen LogP contribution < -0.4 is 16.0 Å². The Labute approximate surface area is 126 Å². The van der Waals surface area contributed by atoms with E-state index in [0.29, 0.717) is 17.8 Å². The number of hydrogen-bond acceptors (Lipinski definition) is 4. The third-order valence-corrected chi connectivity index (χ3v) is 2.81. The van der Waals surface area contributed by atoms with Gasteiger partial charge in [-0.2, -0.15) is 4.57 Å². The van der Waals surface area contributed by atoms with Gasteiger partial charge < -0.3 is 11.5 Å². The van der Waals surface area contributed by atoms with Crippen molar-refractivity contribution >= 4 is 17.4 Å². The van der Waals surface area contributed by atoms with E-state index in [1.807, 2.05) is 35.2 Å². The Kier molecular flexibility index (Phi) is 4.76. The molecule has 1 aromatic heterocycles. The van der Waals surface area contributed by atoms with Gasteiger partial charge in [0.05, 0.1) is 4.92 Å². The number of guanidine groups is 1. The summed E-state index contributed by atoms with van der Waals surface area (Å²) in [6, 6.07) is 11.7. The number of nitrogens with two attached hydrogens (primary N) is 2. The molecule has 0 bridgehead atoms. The number of pyridine rings is 1. The summed E-state index contributed by atoms with van der Waals surface area (Å²) in [6.45, 7) is 0.426. The maximum Gasteiger partial charge on any atom is 0.269 e. The molecular weight excluding hydrogens is 284 g/mol. The minimum absolute atomic E-state index is 0.0114. The maximum atomic E-state index is 10.7. The molecule has 0 atom stereocenters. The molecule has 0 aliphatic heterocycles. The van der Waals surface area contributed by atoms with E-state index in [-0.39, 0.29) is 11.6 Å². The van der Waals surface area contributed by atoms with Crippen LogP contribution in [0.5, 0.6) is 0 Å². The third kappa shape index (κ3) is 4.10. The molecule has 0 aliphatic rings. The molecule has 0 unspecified atom stereocenters. The molecule has 0 spiro atoms. The van der Waals surface area contributed by atoms with Crippen LogP contribution in [-0.4, -0.2) is 16.6 Å². The molecule has 0 amide bonds. The minimum atomic E-state index is -0.456. The van der Waals surface area contributed by atoms with Crippen LogP contribution in [0.4, 0.5) is 5.69 Å². The summed E-state index contributed by atoms with van der Waals surface area (Å²) < 4.78 is 1.89. The van der Waals surface area contributed by atoms with E-state index in [2.05, 4.69) is 10.2 Å². The van der Waals surface area contributed by atoms with Crippen molar-refractivity contribution in [3.8, 4) is 0 Å². The molecule has 112 valence electrons. The van der Waals surface area contributed by atoms with E-state index in [1.165, 1.54) is 12.1 Å². The maximum absolute atomic E-state index is 10.7. The minimum Gasteiger partial charge on any atom is -0.369 e. The van der Waals surface area contributed by atoms with Crippen LogP contribution in [0.15, 0.2) is 65.1 Å². The highest BCUT2D eigenvalue weighted by Gasteiger charge is 2.12. The van der Waals surface area contributed by atoms with Gasteiger partial charge in [-0.15, -0.1) is 10.2 Å². The summed E-state index contributed by atoms with van der Waals surface area (Å²) in [5.74, 6) is -0.155. The number of benzene rings is 1. The average Bonchev–Trinajstić information content (AvgIpc) is 2.52. The number of nitrogens with zero attached hydrogens (tertiary/aromatic N) is 4. The van der Waals surface area contributed by atoms with Crippen molar-refractivity contribution < 1.29 is 9.49 Å². The second-order valence-corrected chi connectivity index (χ2v) is 4.42. The van der Waals surface area contributed by atoms with Gasteiger partial charge in [0.1, 0.15) is 5.71 Å². The number of aromatic nitrogens is 1. The number of nitro groups is 1. The second-order valence-electron chi connectivity index (χ2n) is 4.42. The van der Waals surface area contributed by atoms with Crippen LogP contribution in [0.1, 0.15) is 5.56 Å². The molecule has 0 radical (unpaired) electrons. The molecule has 0 saturated heterocycles. The Morgan fingerprint density at radius 3 is 2.27 bits per heavy atom. The fourth-order valence-electron chi connectivity index (χ4n) is 1.79. The average molecular weight is 299 g/mol. The van der Waals surface area contributed by atoms with Gasteiger partial charge in [-0.1, -0.05) is 6.07 Å². The lowest BCUT2D eigenvalue weighted by Gasteiger charge is -2.02. The van der Waals surface area contributed by atoms with Crippen molar-refractivity contribution in [3.63, 3.8) is 0 Å². The highest BCUT2D eigenvalue weighted by molar-refractivity contribution is 6.00. The van der Waals surface area contributed by atoms with E-state index in [9.17, 15) is 10.1 Å². The Morgan fingerprint density at radius 1 is 1.09 bits per heavy atom. The molecule has 1 heterocycles. The van der Waals surface area contributed by atoms with Crippen LogP contribution in [0.25, 0.3) is 0 Å². The number of hydrogen-bond donors (Lipinski definition) is 2. The first-order valence-corrected chi connectivity index (χ1v) is 6.40. The SMILES string of the molecule is NC(N)=NN=C(C[n+]1ccccc1)c1ccc([N+](=O)[O-])cc1. The van der Waals surface area contributed by atoms with Crippen molar-refractivity contribution in [3.05, 3.63) is 70.5 Å². The molecule has 1 aromatic carbocycles. The van der Waals surface area contributed by atoms with Gasteiger partial charge in [-0.3, -0.25) is 10.1 Å². The topological polar surface area (TPSA) is 124 Å². The van der Waals surface area contributed by atoms with Gasteiger partial charge in [-0.25, -0.2) is 0 Å². The third-order valence-electron chi connectivity index (χ3n) is 2.81. The fourth-order valence-corrected chi connectivity index (χ4v) is 1.79. The zero-order valence-corrected chi connectivity index (χ0v) is 11.7. The Balaban J connectivity index is 2.34. The molecule has 8 heteroatoms. The largest absolute Gasteiger partial charge is 0.369 e. The Bertz CT molecular complexity index is 706. The van der Waals surface area contributed by atoms with Crippen molar-refractivity contribution in [2.75, 3.05) is 0 Å². The summed E-state index contributed by atoms with van der Waals surface area (Å²) in [5.41, 5.74) is 11.9. The van der Waals surface area contributed by atoms with Crippen LogP contribution in [0, 0.1) is 10.1 Å². The molecule has 0 fully saturated rings. The molecule has 0 saturated carbocycles. The monoisotopic (exact) mass is 299 g/mol. The zero-order chi connectivity index (χ0) is 15.9. The predicted molar refractivity (Wildman–Crippen MR) is 82.1 cm³/mol. The summed E-state index contributed by atoms with van der Waals surface area (Å²) >= 11 is 0.